The van der Waals surface area contributed by atoms with Gasteiger partial charge in [0.05, 0.1) is 16.0 Å². The maximum absolute atomic E-state index is 11.1. The summed E-state index contributed by atoms with van der Waals surface area (Å²) in [4.78, 5) is 15.1. The number of hydrogen-bond donors (Lipinski definition) is 1. The van der Waals surface area contributed by atoms with Crippen molar-refractivity contribution in [3.63, 3.8) is 0 Å². The summed E-state index contributed by atoms with van der Waals surface area (Å²) in [6, 6.07) is 6.82. The number of non-ortho nitro benzene ring substituents is 1. The van der Waals surface area contributed by atoms with Gasteiger partial charge in [0.15, 0.2) is 0 Å². The fourth-order valence-corrected chi connectivity index (χ4v) is 3.02. The van der Waals surface area contributed by atoms with E-state index in [4.69, 9.17) is 0 Å². The highest BCUT2D eigenvalue weighted by atomic mass is 16.6. The van der Waals surface area contributed by atoms with Crippen molar-refractivity contribution in [1.82, 2.24) is 4.98 Å². The quantitative estimate of drug-likeness (QED) is 0.679. The van der Waals surface area contributed by atoms with Gasteiger partial charge in [-0.2, -0.15) is 0 Å². The van der Waals surface area contributed by atoms with Gasteiger partial charge < -0.3 is 5.32 Å². The van der Waals surface area contributed by atoms with Gasteiger partial charge in [-0.05, 0) is 38.0 Å². The minimum Gasteiger partial charge on any atom is -0.378 e. The molecule has 0 bridgehead atoms. The molecule has 0 unspecified atom stereocenters. The number of nitrogens with one attached hydrogen (secondary N) is 1. The predicted molar refractivity (Wildman–Crippen MR) is 78.9 cm³/mol. The van der Waals surface area contributed by atoms with Gasteiger partial charge in [-0.25, -0.2) is 0 Å². The van der Waals surface area contributed by atoms with Crippen molar-refractivity contribution >= 4 is 22.3 Å². The number of aromatic nitrogens is 1. The van der Waals surface area contributed by atoms with Crippen LogP contribution in [-0.4, -0.2) is 15.4 Å². The van der Waals surface area contributed by atoms with E-state index in [1.807, 2.05) is 0 Å². The number of benzene rings is 1. The van der Waals surface area contributed by atoms with Crippen molar-refractivity contribution in [3.8, 4) is 0 Å². The van der Waals surface area contributed by atoms with Crippen LogP contribution in [0.5, 0.6) is 0 Å². The molecule has 0 spiro atoms. The van der Waals surface area contributed by atoms with Crippen LogP contribution in [0.2, 0.25) is 0 Å². The summed E-state index contributed by atoms with van der Waals surface area (Å²) >= 11 is 0. The normalized spacial score (nSPS) is 17.2. The van der Waals surface area contributed by atoms with Gasteiger partial charge in [0.2, 0.25) is 0 Å². The molecule has 3 rings (SSSR count). The number of nitrogens with zero attached hydrogens (tertiary/aromatic N) is 2. The fraction of sp³-hybridized carbons (Fsp3) is 0.400. The molecule has 1 saturated carbocycles. The molecule has 1 aromatic heterocycles. The topological polar surface area (TPSA) is 68.1 Å². The second-order valence-corrected chi connectivity index (χ2v) is 5.68. The molecule has 1 heterocycles. The van der Waals surface area contributed by atoms with Crippen LogP contribution in [-0.2, 0) is 0 Å². The SMILES string of the molecule is CC1(Nc2ccc([N+](=O)[O-])c3cccnc23)CCCC1. The van der Waals surface area contributed by atoms with Gasteiger partial charge in [-0.15, -0.1) is 0 Å². The predicted octanol–water partition coefficient (Wildman–Crippen LogP) is 3.89. The third-order valence-electron chi connectivity index (χ3n) is 4.09. The van der Waals surface area contributed by atoms with Crippen LogP contribution in [0.4, 0.5) is 11.4 Å². The first kappa shape index (κ1) is 12.8. The zero-order valence-electron chi connectivity index (χ0n) is 11.4. The number of nitro groups is 1. The third kappa shape index (κ3) is 2.19. The lowest BCUT2D eigenvalue weighted by Gasteiger charge is -2.27. The molecule has 1 aromatic carbocycles. The summed E-state index contributed by atoms with van der Waals surface area (Å²) in [5, 5.41) is 15.2. The van der Waals surface area contributed by atoms with Gasteiger partial charge >= 0.3 is 0 Å². The van der Waals surface area contributed by atoms with Crippen molar-refractivity contribution in [3.05, 3.63) is 40.6 Å². The summed E-state index contributed by atoms with van der Waals surface area (Å²) in [5.74, 6) is 0. The monoisotopic (exact) mass is 271 g/mol. The van der Waals surface area contributed by atoms with E-state index in [0.29, 0.717) is 10.9 Å². The molecule has 2 aromatic rings. The number of rotatable bonds is 3. The summed E-state index contributed by atoms with van der Waals surface area (Å²) in [5.41, 5.74) is 1.74. The van der Waals surface area contributed by atoms with E-state index in [9.17, 15) is 10.1 Å². The highest BCUT2D eigenvalue weighted by molar-refractivity contribution is 5.96. The number of anilines is 1. The molecule has 1 aliphatic carbocycles. The molecule has 104 valence electrons. The number of pyridine rings is 1. The zero-order valence-corrected chi connectivity index (χ0v) is 11.4. The fourth-order valence-electron chi connectivity index (χ4n) is 3.02. The second kappa shape index (κ2) is 4.74. The molecule has 1 N–H and O–H groups in total. The average Bonchev–Trinajstić information content (AvgIpc) is 2.85. The van der Waals surface area contributed by atoms with E-state index in [-0.39, 0.29) is 16.1 Å². The summed E-state index contributed by atoms with van der Waals surface area (Å²) < 4.78 is 0. The minimum atomic E-state index is -0.356. The van der Waals surface area contributed by atoms with Crippen LogP contribution in [0.15, 0.2) is 30.5 Å². The van der Waals surface area contributed by atoms with Gasteiger partial charge in [0.25, 0.3) is 5.69 Å². The maximum Gasteiger partial charge on any atom is 0.278 e. The van der Waals surface area contributed by atoms with E-state index in [1.165, 1.54) is 12.8 Å². The van der Waals surface area contributed by atoms with Crippen LogP contribution in [0.25, 0.3) is 10.9 Å². The molecule has 0 atom stereocenters. The number of hydrogen-bond acceptors (Lipinski definition) is 4. The van der Waals surface area contributed by atoms with E-state index in [2.05, 4.69) is 17.2 Å². The second-order valence-electron chi connectivity index (χ2n) is 5.68. The lowest BCUT2D eigenvalue weighted by atomic mass is 9.99. The Bertz CT molecular complexity index is 663. The molecule has 1 fully saturated rings. The Morgan fingerprint density at radius 1 is 1.30 bits per heavy atom. The molecule has 0 amide bonds. The van der Waals surface area contributed by atoms with Gasteiger partial charge in [0.1, 0.15) is 5.52 Å². The molecule has 20 heavy (non-hydrogen) atoms. The van der Waals surface area contributed by atoms with Gasteiger partial charge in [0, 0.05) is 17.8 Å². The Morgan fingerprint density at radius 2 is 2.05 bits per heavy atom. The van der Waals surface area contributed by atoms with Crippen molar-refractivity contribution < 1.29 is 4.92 Å². The molecule has 0 radical (unpaired) electrons. The van der Waals surface area contributed by atoms with E-state index in [1.54, 1.807) is 30.5 Å². The molecule has 1 aliphatic rings. The molecule has 5 heteroatoms. The standard InChI is InChI=1S/C15H17N3O2/c1-15(8-2-3-9-15)17-12-6-7-13(18(19)20)11-5-4-10-16-14(11)12/h4-7,10,17H,2-3,8-9H2,1H3. The number of fused-ring (bicyclic) bond motifs is 1. The van der Waals surface area contributed by atoms with Crippen LogP contribution >= 0.6 is 0 Å². The van der Waals surface area contributed by atoms with E-state index in [0.717, 1.165) is 18.5 Å². The molecular formula is C15H17N3O2. The lowest BCUT2D eigenvalue weighted by molar-refractivity contribution is -0.383. The van der Waals surface area contributed by atoms with Crippen LogP contribution in [0.1, 0.15) is 32.6 Å². The molecular weight excluding hydrogens is 254 g/mol. The zero-order chi connectivity index (χ0) is 14.2. The minimum absolute atomic E-state index is 0.0700. The smallest absolute Gasteiger partial charge is 0.278 e. The van der Waals surface area contributed by atoms with E-state index >= 15 is 0 Å². The molecule has 0 aliphatic heterocycles. The highest BCUT2D eigenvalue weighted by Gasteiger charge is 2.29. The summed E-state index contributed by atoms with van der Waals surface area (Å²) in [7, 11) is 0. The van der Waals surface area contributed by atoms with Crippen molar-refractivity contribution in [2.24, 2.45) is 0 Å². The molecule has 5 nitrogen and oxygen atoms in total. The average molecular weight is 271 g/mol. The third-order valence-corrected chi connectivity index (χ3v) is 4.09. The van der Waals surface area contributed by atoms with E-state index < -0.39 is 0 Å². The number of nitro benzene ring substituents is 1. The lowest BCUT2D eigenvalue weighted by Crippen LogP contribution is -2.30. The Kier molecular flexibility index (Phi) is 3.04. The van der Waals surface area contributed by atoms with Crippen molar-refractivity contribution in [2.75, 3.05) is 5.32 Å². The van der Waals surface area contributed by atoms with Crippen molar-refractivity contribution in [2.45, 2.75) is 38.1 Å². The first-order valence-corrected chi connectivity index (χ1v) is 6.89. The highest BCUT2D eigenvalue weighted by Crippen LogP contribution is 2.36. The molecule has 0 saturated heterocycles. The van der Waals surface area contributed by atoms with Gasteiger partial charge in [-0.1, -0.05) is 12.8 Å². The van der Waals surface area contributed by atoms with Crippen LogP contribution < -0.4 is 5.32 Å². The van der Waals surface area contributed by atoms with Crippen LogP contribution in [0.3, 0.4) is 0 Å². The first-order chi connectivity index (χ1) is 9.59. The van der Waals surface area contributed by atoms with Crippen molar-refractivity contribution in [1.29, 1.82) is 0 Å². The maximum atomic E-state index is 11.1. The van der Waals surface area contributed by atoms with Gasteiger partial charge in [-0.3, -0.25) is 15.1 Å². The first-order valence-electron chi connectivity index (χ1n) is 6.89. The Labute approximate surface area is 117 Å². The largest absolute Gasteiger partial charge is 0.378 e. The Morgan fingerprint density at radius 3 is 2.75 bits per heavy atom. The summed E-state index contributed by atoms with van der Waals surface area (Å²) in [6.45, 7) is 2.20. The Balaban J connectivity index is 2.08. The summed E-state index contributed by atoms with van der Waals surface area (Å²) in [6.07, 6.45) is 6.37. The Hall–Kier alpha value is -2.17. The van der Waals surface area contributed by atoms with Crippen LogP contribution in [0, 0.1) is 10.1 Å².